The Labute approximate surface area is 113 Å². The van der Waals surface area contributed by atoms with E-state index in [0.717, 1.165) is 27.1 Å². The number of aromatic amines is 1. The van der Waals surface area contributed by atoms with Crippen LogP contribution in [0.5, 0.6) is 0 Å². The zero-order valence-electron chi connectivity index (χ0n) is 9.87. The highest BCUT2D eigenvalue weighted by Gasteiger charge is 2.04. The summed E-state index contributed by atoms with van der Waals surface area (Å²) in [5.41, 5.74) is 4.23. The summed E-state index contributed by atoms with van der Waals surface area (Å²) in [6.07, 6.45) is 0. The second-order valence-corrected chi connectivity index (χ2v) is 5.10. The van der Waals surface area contributed by atoms with Crippen LogP contribution in [-0.4, -0.2) is 9.97 Å². The van der Waals surface area contributed by atoms with E-state index < -0.39 is 0 Å². The molecule has 0 aliphatic rings. The molecule has 1 heterocycles. The molecular formula is C14H12BrN3. The number of para-hydroxylation sites is 2. The van der Waals surface area contributed by atoms with Gasteiger partial charge < -0.3 is 10.3 Å². The molecule has 2 N–H and O–H groups in total. The minimum Gasteiger partial charge on any atom is -0.326 e. The van der Waals surface area contributed by atoms with E-state index in [0.29, 0.717) is 0 Å². The van der Waals surface area contributed by atoms with Crippen molar-refractivity contribution < 1.29 is 0 Å². The molecule has 3 aromatic rings. The lowest BCUT2D eigenvalue weighted by Gasteiger charge is -2.06. The van der Waals surface area contributed by atoms with Gasteiger partial charge in [-0.25, -0.2) is 4.98 Å². The van der Waals surface area contributed by atoms with E-state index in [1.165, 1.54) is 5.56 Å². The summed E-state index contributed by atoms with van der Waals surface area (Å²) in [6, 6.07) is 14.1. The Hall–Kier alpha value is -1.81. The molecule has 3 nitrogen and oxygen atoms in total. The average Bonchev–Trinajstić information content (AvgIpc) is 2.75. The summed E-state index contributed by atoms with van der Waals surface area (Å²) >= 11 is 3.46. The van der Waals surface area contributed by atoms with Crippen LogP contribution in [0.2, 0.25) is 0 Å². The molecule has 0 radical (unpaired) electrons. The minimum atomic E-state index is 0.765. The van der Waals surface area contributed by atoms with Gasteiger partial charge in [-0.15, -0.1) is 0 Å². The number of anilines is 2. The molecule has 0 unspecified atom stereocenters. The van der Waals surface area contributed by atoms with Crippen molar-refractivity contribution in [3.8, 4) is 0 Å². The summed E-state index contributed by atoms with van der Waals surface area (Å²) in [7, 11) is 0. The number of rotatable bonds is 2. The van der Waals surface area contributed by atoms with Gasteiger partial charge in [0.1, 0.15) is 0 Å². The second kappa shape index (κ2) is 4.46. The van der Waals surface area contributed by atoms with Crippen molar-refractivity contribution in [1.82, 2.24) is 9.97 Å². The lowest BCUT2D eigenvalue weighted by molar-refractivity contribution is 1.29. The standard InChI is InChI=1S/C14H12BrN3/c1-9-8-10(15)6-7-11(9)16-14-17-12-4-2-3-5-13(12)18-14/h2-8H,1H3,(H2,16,17,18). The molecule has 0 bridgehead atoms. The lowest BCUT2D eigenvalue weighted by Crippen LogP contribution is -1.94. The summed E-state index contributed by atoms with van der Waals surface area (Å²) in [6.45, 7) is 2.07. The molecule has 0 saturated carbocycles. The van der Waals surface area contributed by atoms with Crippen LogP contribution in [0.15, 0.2) is 46.9 Å². The van der Waals surface area contributed by atoms with Crippen LogP contribution >= 0.6 is 15.9 Å². The number of H-pyrrole nitrogens is 1. The number of aromatic nitrogens is 2. The fourth-order valence-electron chi connectivity index (χ4n) is 1.91. The third kappa shape index (κ3) is 2.11. The van der Waals surface area contributed by atoms with E-state index in [4.69, 9.17) is 0 Å². The molecule has 0 aliphatic heterocycles. The van der Waals surface area contributed by atoms with Gasteiger partial charge in [0.2, 0.25) is 5.95 Å². The number of hydrogen-bond donors (Lipinski definition) is 2. The summed E-state index contributed by atoms with van der Waals surface area (Å²) in [5.74, 6) is 0.765. The molecule has 0 atom stereocenters. The second-order valence-electron chi connectivity index (χ2n) is 4.19. The maximum Gasteiger partial charge on any atom is 0.205 e. The van der Waals surface area contributed by atoms with Crippen LogP contribution in [-0.2, 0) is 0 Å². The maximum absolute atomic E-state index is 4.49. The van der Waals surface area contributed by atoms with Gasteiger partial charge in [-0.3, -0.25) is 0 Å². The van der Waals surface area contributed by atoms with Crippen molar-refractivity contribution in [2.24, 2.45) is 0 Å². The Morgan fingerprint density at radius 1 is 1.17 bits per heavy atom. The van der Waals surface area contributed by atoms with Gasteiger partial charge in [0, 0.05) is 10.2 Å². The summed E-state index contributed by atoms with van der Waals surface area (Å²) in [4.78, 5) is 7.75. The van der Waals surface area contributed by atoms with Crippen LogP contribution < -0.4 is 5.32 Å². The first-order valence-electron chi connectivity index (χ1n) is 5.70. The molecule has 90 valence electrons. The Bertz CT molecular complexity index is 670. The Morgan fingerprint density at radius 3 is 2.78 bits per heavy atom. The number of imidazole rings is 1. The molecular weight excluding hydrogens is 290 g/mol. The van der Waals surface area contributed by atoms with Gasteiger partial charge in [0.25, 0.3) is 0 Å². The normalized spacial score (nSPS) is 10.8. The molecule has 18 heavy (non-hydrogen) atoms. The number of nitrogens with zero attached hydrogens (tertiary/aromatic N) is 1. The van der Waals surface area contributed by atoms with Gasteiger partial charge in [0.15, 0.2) is 0 Å². The fourth-order valence-corrected chi connectivity index (χ4v) is 2.38. The topological polar surface area (TPSA) is 40.7 Å². The molecule has 0 saturated heterocycles. The van der Waals surface area contributed by atoms with Crippen LogP contribution in [0, 0.1) is 6.92 Å². The average molecular weight is 302 g/mol. The minimum absolute atomic E-state index is 0.765. The van der Waals surface area contributed by atoms with Crippen molar-refractivity contribution in [2.45, 2.75) is 6.92 Å². The third-order valence-corrected chi connectivity index (χ3v) is 3.32. The predicted octanol–water partition coefficient (Wildman–Crippen LogP) is 4.38. The zero-order valence-corrected chi connectivity index (χ0v) is 11.5. The smallest absolute Gasteiger partial charge is 0.205 e. The molecule has 0 amide bonds. The Balaban J connectivity index is 1.96. The van der Waals surface area contributed by atoms with E-state index in [2.05, 4.69) is 44.2 Å². The fraction of sp³-hybridized carbons (Fsp3) is 0.0714. The van der Waals surface area contributed by atoms with Gasteiger partial charge in [0.05, 0.1) is 11.0 Å². The van der Waals surface area contributed by atoms with Gasteiger partial charge in [-0.1, -0.05) is 28.1 Å². The number of nitrogens with one attached hydrogen (secondary N) is 2. The van der Waals surface area contributed by atoms with Crippen molar-refractivity contribution in [3.05, 3.63) is 52.5 Å². The van der Waals surface area contributed by atoms with Gasteiger partial charge in [-0.2, -0.15) is 0 Å². The number of fused-ring (bicyclic) bond motifs is 1. The van der Waals surface area contributed by atoms with E-state index in [9.17, 15) is 0 Å². The van der Waals surface area contributed by atoms with Crippen molar-refractivity contribution in [2.75, 3.05) is 5.32 Å². The largest absolute Gasteiger partial charge is 0.326 e. The van der Waals surface area contributed by atoms with Crippen molar-refractivity contribution in [3.63, 3.8) is 0 Å². The molecule has 4 heteroatoms. The molecule has 3 rings (SSSR count). The van der Waals surface area contributed by atoms with E-state index in [1.807, 2.05) is 36.4 Å². The molecule has 0 aliphatic carbocycles. The highest BCUT2D eigenvalue weighted by molar-refractivity contribution is 9.10. The Morgan fingerprint density at radius 2 is 2.00 bits per heavy atom. The quantitative estimate of drug-likeness (QED) is 0.737. The number of aryl methyl sites for hydroxylation is 1. The van der Waals surface area contributed by atoms with E-state index >= 15 is 0 Å². The summed E-state index contributed by atoms with van der Waals surface area (Å²) in [5, 5.41) is 3.30. The number of halogens is 1. The zero-order chi connectivity index (χ0) is 12.5. The highest BCUT2D eigenvalue weighted by atomic mass is 79.9. The van der Waals surface area contributed by atoms with Gasteiger partial charge >= 0.3 is 0 Å². The van der Waals surface area contributed by atoms with Gasteiger partial charge in [-0.05, 0) is 42.8 Å². The molecule has 0 fully saturated rings. The van der Waals surface area contributed by atoms with Crippen LogP contribution in [0.25, 0.3) is 11.0 Å². The van der Waals surface area contributed by atoms with Crippen LogP contribution in [0.3, 0.4) is 0 Å². The third-order valence-electron chi connectivity index (χ3n) is 2.83. The summed E-state index contributed by atoms with van der Waals surface area (Å²) < 4.78 is 1.08. The number of hydrogen-bond acceptors (Lipinski definition) is 2. The maximum atomic E-state index is 4.49. The predicted molar refractivity (Wildman–Crippen MR) is 78.3 cm³/mol. The molecule has 0 spiro atoms. The van der Waals surface area contributed by atoms with E-state index in [-0.39, 0.29) is 0 Å². The SMILES string of the molecule is Cc1cc(Br)ccc1Nc1nc2ccccc2[nH]1. The Kier molecular flexibility index (Phi) is 2.80. The number of benzene rings is 2. The monoisotopic (exact) mass is 301 g/mol. The molecule has 1 aromatic heterocycles. The van der Waals surface area contributed by atoms with E-state index in [1.54, 1.807) is 0 Å². The highest BCUT2D eigenvalue weighted by Crippen LogP contribution is 2.23. The van der Waals surface area contributed by atoms with Crippen LogP contribution in [0.1, 0.15) is 5.56 Å². The molecule has 2 aromatic carbocycles. The first-order chi connectivity index (χ1) is 8.72. The first-order valence-corrected chi connectivity index (χ1v) is 6.49. The van der Waals surface area contributed by atoms with Crippen molar-refractivity contribution >= 4 is 38.6 Å². The van der Waals surface area contributed by atoms with Crippen LogP contribution in [0.4, 0.5) is 11.6 Å². The lowest BCUT2D eigenvalue weighted by atomic mass is 10.2. The van der Waals surface area contributed by atoms with Crippen molar-refractivity contribution in [1.29, 1.82) is 0 Å². The first kappa shape index (κ1) is 11.3.